The maximum Gasteiger partial charge on any atom is 0.240 e. The Morgan fingerprint density at radius 3 is 1.43 bits per heavy atom. The lowest BCUT2D eigenvalue weighted by Gasteiger charge is -2.15. The van der Waals surface area contributed by atoms with Gasteiger partial charge in [-0.1, -0.05) is 127 Å². The molecule has 7 aromatic carbocycles. The summed E-state index contributed by atoms with van der Waals surface area (Å²) >= 11 is 1.60. The van der Waals surface area contributed by atoms with E-state index in [4.69, 9.17) is 31.4 Å². The molecule has 6 heteroatoms. The van der Waals surface area contributed by atoms with Crippen LogP contribution in [0.3, 0.4) is 0 Å². The van der Waals surface area contributed by atoms with Crippen LogP contribution in [0.15, 0.2) is 163 Å². The van der Waals surface area contributed by atoms with Crippen LogP contribution >= 0.6 is 11.3 Å². The van der Waals surface area contributed by atoms with Gasteiger partial charge in [0.05, 0.1) is 44.0 Å². The molecule has 238 valence electrons. The van der Waals surface area contributed by atoms with Crippen molar-refractivity contribution in [2.24, 2.45) is 0 Å². The average Bonchev–Trinajstić information content (AvgIpc) is 4.03. The van der Waals surface area contributed by atoms with Crippen molar-refractivity contribution in [3.05, 3.63) is 163 Å². The largest absolute Gasteiger partial charge is 0.278 e. The molecule has 0 amide bonds. The fourth-order valence-corrected chi connectivity index (χ4v) is 7.96. The Bertz CT molecular complexity index is 3750. The number of aromatic nitrogens is 5. The summed E-state index contributed by atoms with van der Waals surface area (Å²) < 4.78 is 146. The van der Waals surface area contributed by atoms with Crippen molar-refractivity contribution in [2.45, 2.75) is 0 Å². The van der Waals surface area contributed by atoms with E-state index in [1.807, 2.05) is 54.6 Å². The minimum absolute atomic E-state index is 0.125. The fraction of sp³-hybridized carbons (Fsp3) is 0. The standard InChI is InChI=1S/C45H27N5S/c1-2-19-34(28(14-1)33-21-13-27-41-42(33)35-20-7-12-26-40(35)51-41)43-46-44(49-36-22-8-3-15-29(36)30-16-4-9-23-37(30)49)48-45(47-43)50-38-24-10-5-17-31(38)32-18-6-11-25-39(32)50/h1-27H/i3D,4D,5D,6D,8D,9D,10D,11D,15D,16D,17D,18D,22D,23D,24D,25D. The highest BCUT2D eigenvalue weighted by Crippen LogP contribution is 2.43. The lowest BCUT2D eigenvalue weighted by atomic mass is 9.95. The van der Waals surface area contributed by atoms with Crippen LogP contribution in [-0.4, -0.2) is 24.1 Å². The third-order valence-electron chi connectivity index (χ3n) is 8.94. The average molecular weight is 686 g/mol. The zero-order valence-corrected chi connectivity index (χ0v) is 26.8. The summed E-state index contributed by atoms with van der Waals surface area (Å²) in [7, 11) is 0. The molecule has 0 saturated carbocycles. The first kappa shape index (κ1) is 16.9. The Morgan fingerprint density at radius 1 is 0.412 bits per heavy atom. The van der Waals surface area contributed by atoms with E-state index in [1.165, 1.54) is 0 Å². The van der Waals surface area contributed by atoms with Gasteiger partial charge in [0.15, 0.2) is 5.82 Å². The van der Waals surface area contributed by atoms with Crippen molar-refractivity contribution in [1.82, 2.24) is 24.1 Å². The van der Waals surface area contributed by atoms with Gasteiger partial charge in [0.1, 0.15) is 0 Å². The van der Waals surface area contributed by atoms with Gasteiger partial charge in [-0.25, -0.2) is 0 Å². The highest BCUT2D eigenvalue weighted by Gasteiger charge is 2.22. The summed E-state index contributed by atoms with van der Waals surface area (Å²) in [6, 6.07) is 10.5. The normalized spacial score (nSPS) is 16.3. The molecular weight excluding hydrogens is 643 g/mol. The van der Waals surface area contributed by atoms with Gasteiger partial charge < -0.3 is 0 Å². The molecule has 0 saturated heterocycles. The first-order valence-electron chi connectivity index (χ1n) is 23.7. The minimum atomic E-state index is -0.692. The number of hydrogen-bond acceptors (Lipinski definition) is 4. The van der Waals surface area contributed by atoms with Gasteiger partial charge in [-0.2, -0.15) is 15.0 Å². The SMILES string of the molecule is [2H]c1c([2H])c([2H])c2c(c1[2H])c1c([2H])c([2H])c([2H])c([2H])c1n2-c1nc(-c2ccccc2-c2cccc3sc4ccccc4c23)nc(-n2c3c([2H])c([2H])c([2H])c([2H])c3c3c([2H])c([2H])c([2H])c([2H])c32)n1. The fourth-order valence-electron chi connectivity index (χ4n) is 6.83. The van der Waals surface area contributed by atoms with Crippen LogP contribution in [0.25, 0.3) is 98.2 Å². The molecule has 0 fully saturated rings. The van der Waals surface area contributed by atoms with E-state index >= 15 is 0 Å². The number of rotatable bonds is 4. The Labute approximate surface area is 318 Å². The molecule has 0 bridgehead atoms. The highest BCUT2D eigenvalue weighted by atomic mass is 32.1. The molecule has 4 aromatic heterocycles. The van der Waals surface area contributed by atoms with E-state index in [0.29, 0.717) is 11.1 Å². The maximum absolute atomic E-state index is 9.22. The van der Waals surface area contributed by atoms with Crippen LogP contribution < -0.4 is 0 Å². The van der Waals surface area contributed by atoms with Crippen LogP contribution in [0, 0.1) is 0 Å². The molecule has 0 aliphatic carbocycles. The van der Waals surface area contributed by atoms with E-state index < -0.39 is 109 Å². The van der Waals surface area contributed by atoms with Crippen LogP contribution in [-0.2, 0) is 0 Å². The van der Waals surface area contributed by atoms with E-state index in [9.17, 15) is 5.48 Å². The molecule has 0 aliphatic heterocycles. The van der Waals surface area contributed by atoms with E-state index in [-0.39, 0.29) is 49.4 Å². The summed E-state index contributed by atoms with van der Waals surface area (Å²) in [5.74, 6) is -1.04. The molecule has 0 aliphatic rings. The first-order chi connectivity index (χ1) is 32.0. The van der Waals surface area contributed by atoms with Crippen LogP contribution in [0.5, 0.6) is 0 Å². The first-order valence-corrected chi connectivity index (χ1v) is 16.6. The van der Waals surface area contributed by atoms with Crippen LogP contribution in [0.2, 0.25) is 0 Å². The second-order valence-electron chi connectivity index (χ2n) is 11.6. The summed E-state index contributed by atoms with van der Waals surface area (Å²) in [5.41, 5.74) is 0.486. The molecule has 0 N–H and O–H groups in total. The Balaban J connectivity index is 1.37. The van der Waals surface area contributed by atoms with Gasteiger partial charge in [-0.3, -0.25) is 9.13 Å². The zero-order valence-electron chi connectivity index (χ0n) is 42.0. The minimum Gasteiger partial charge on any atom is -0.278 e. The molecule has 11 aromatic rings. The lowest BCUT2D eigenvalue weighted by Crippen LogP contribution is -2.10. The Kier molecular flexibility index (Phi) is 3.61. The topological polar surface area (TPSA) is 48.5 Å². The van der Waals surface area contributed by atoms with Gasteiger partial charge in [0, 0.05) is 47.3 Å². The Morgan fingerprint density at radius 2 is 0.863 bits per heavy atom. The maximum atomic E-state index is 9.22. The zero-order chi connectivity index (χ0) is 47.4. The number of nitrogens with zero attached hydrogens (tertiary/aromatic N) is 5. The number of hydrogen-bond donors (Lipinski definition) is 0. The number of fused-ring (bicyclic) bond motifs is 9. The highest BCUT2D eigenvalue weighted by molar-refractivity contribution is 7.25. The summed E-state index contributed by atoms with van der Waals surface area (Å²) in [6.07, 6.45) is 0. The third-order valence-corrected chi connectivity index (χ3v) is 10.1. The van der Waals surface area contributed by atoms with Crippen LogP contribution in [0.1, 0.15) is 21.9 Å². The van der Waals surface area contributed by atoms with Gasteiger partial charge in [0.2, 0.25) is 11.9 Å². The van der Waals surface area contributed by atoms with Crippen molar-refractivity contribution in [3.8, 4) is 34.4 Å². The third kappa shape index (κ3) is 4.17. The molecule has 0 atom stereocenters. The second-order valence-corrected chi connectivity index (χ2v) is 12.7. The molecular formula is C45H27N5S. The number of thiophene rings is 1. The van der Waals surface area contributed by atoms with Crippen molar-refractivity contribution in [2.75, 3.05) is 0 Å². The summed E-state index contributed by atoms with van der Waals surface area (Å²) in [4.78, 5) is 14.7. The van der Waals surface area contributed by atoms with Crippen molar-refractivity contribution < 1.29 is 21.9 Å². The Hall–Kier alpha value is -6.63. The second kappa shape index (κ2) is 10.9. The van der Waals surface area contributed by atoms with E-state index in [2.05, 4.69) is 0 Å². The van der Waals surface area contributed by atoms with Gasteiger partial charge in [0.25, 0.3) is 0 Å². The molecule has 4 heterocycles. The van der Waals surface area contributed by atoms with E-state index in [1.54, 1.807) is 23.5 Å². The lowest BCUT2D eigenvalue weighted by molar-refractivity contribution is 0.893. The molecule has 5 nitrogen and oxygen atoms in total. The molecule has 0 unspecified atom stereocenters. The van der Waals surface area contributed by atoms with Crippen molar-refractivity contribution in [3.63, 3.8) is 0 Å². The van der Waals surface area contributed by atoms with Gasteiger partial charge >= 0.3 is 0 Å². The predicted octanol–water partition coefficient (Wildman–Crippen LogP) is 11.8. The smallest absolute Gasteiger partial charge is 0.240 e. The molecule has 11 rings (SSSR count). The van der Waals surface area contributed by atoms with Crippen LogP contribution in [0.4, 0.5) is 0 Å². The monoisotopic (exact) mass is 685 g/mol. The summed E-state index contributed by atoms with van der Waals surface area (Å²) in [5, 5.41) is 0.878. The molecule has 51 heavy (non-hydrogen) atoms. The van der Waals surface area contributed by atoms with Crippen molar-refractivity contribution >= 4 is 75.1 Å². The van der Waals surface area contributed by atoms with Gasteiger partial charge in [-0.15, -0.1) is 11.3 Å². The van der Waals surface area contributed by atoms with Crippen molar-refractivity contribution in [1.29, 1.82) is 0 Å². The summed E-state index contributed by atoms with van der Waals surface area (Å²) in [6.45, 7) is 0. The number of para-hydroxylation sites is 4. The van der Waals surface area contributed by atoms with E-state index in [0.717, 1.165) is 34.9 Å². The predicted molar refractivity (Wildman–Crippen MR) is 212 cm³/mol. The molecule has 0 spiro atoms. The quantitative estimate of drug-likeness (QED) is 0.185. The van der Waals surface area contributed by atoms with Gasteiger partial charge in [-0.05, 0) is 47.4 Å². The number of benzene rings is 7. The molecule has 0 radical (unpaired) electrons.